The van der Waals surface area contributed by atoms with Crippen molar-refractivity contribution in [1.29, 1.82) is 0 Å². The highest BCUT2D eigenvalue weighted by Crippen LogP contribution is 2.26. The first kappa shape index (κ1) is 18.2. The summed E-state index contributed by atoms with van der Waals surface area (Å²) in [6.45, 7) is 0.582. The molecule has 0 aromatic heterocycles. The molecule has 1 fully saturated rings. The molecule has 9 heteroatoms. The van der Waals surface area contributed by atoms with Gasteiger partial charge in [-0.25, -0.2) is 0 Å². The summed E-state index contributed by atoms with van der Waals surface area (Å²) in [6, 6.07) is 2.88. The Hall–Kier alpha value is -2.16. The van der Waals surface area contributed by atoms with Crippen LogP contribution < -0.4 is 0 Å². The summed E-state index contributed by atoms with van der Waals surface area (Å²) < 4.78 is 43.9. The first-order valence-electron chi connectivity index (χ1n) is 7.39. The zero-order valence-corrected chi connectivity index (χ0v) is 13.0. The fraction of sp³-hybridized carbons (Fsp3) is 0.533. The highest BCUT2D eigenvalue weighted by atomic mass is 19.4. The minimum Gasteiger partial charge on any atom is -0.379 e. The third kappa shape index (κ3) is 4.44. The van der Waals surface area contributed by atoms with Crippen LogP contribution in [0.15, 0.2) is 18.2 Å². The van der Waals surface area contributed by atoms with E-state index < -0.39 is 29.6 Å². The Bertz CT molecular complexity index is 628. The largest absolute Gasteiger partial charge is 0.406 e. The molecule has 0 N–H and O–H groups in total. The number of nitro benzene ring substituents is 1. The summed E-state index contributed by atoms with van der Waals surface area (Å²) in [6.07, 6.45) is -3.61. The van der Waals surface area contributed by atoms with E-state index in [0.717, 1.165) is 6.07 Å². The van der Waals surface area contributed by atoms with Crippen molar-refractivity contribution < 1.29 is 27.6 Å². The maximum atomic E-state index is 12.9. The second kappa shape index (κ2) is 7.16. The molecule has 0 spiro atoms. The molecule has 1 atom stereocenters. The topological polar surface area (TPSA) is 72.7 Å². The predicted octanol–water partition coefficient (Wildman–Crippen LogP) is 3.09. The number of aryl methyl sites for hydroxylation is 1. The van der Waals surface area contributed by atoms with Gasteiger partial charge < -0.3 is 9.64 Å². The lowest BCUT2D eigenvalue weighted by Crippen LogP contribution is -2.49. The monoisotopic (exact) mass is 346 g/mol. The maximum absolute atomic E-state index is 12.9. The number of hydrogen-bond acceptors (Lipinski definition) is 4. The molecule has 0 saturated carbocycles. The van der Waals surface area contributed by atoms with Crippen molar-refractivity contribution in [2.24, 2.45) is 0 Å². The lowest BCUT2D eigenvalue weighted by atomic mass is 10.0. The number of alkyl halides is 3. The lowest BCUT2D eigenvalue weighted by molar-refractivity contribution is -0.384. The first-order valence-corrected chi connectivity index (χ1v) is 7.39. The second-order valence-corrected chi connectivity index (χ2v) is 5.68. The van der Waals surface area contributed by atoms with E-state index in [-0.39, 0.29) is 17.9 Å². The molecule has 1 aromatic rings. The molecule has 1 amide bonds. The van der Waals surface area contributed by atoms with Crippen LogP contribution in [0.5, 0.6) is 0 Å². The molecule has 1 saturated heterocycles. The molecule has 0 bridgehead atoms. The maximum Gasteiger partial charge on any atom is 0.406 e. The molecule has 132 valence electrons. The number of ether oxygens (including phenoxy) is 1. The minimum absolute atomic E-state index is 0.0236. The van der Waals surface area contributed by atoms with E-state index >= 15 is 0 Å². The molecule has 1 aromatic carbocycles. The van der Waals surface area contributed by atoms with Crippen molar-refractivity contribution in [2.75, 3.05) is 19.8 Å². The number of carbonyl (C=O) groups is 1. The van der Waals surface area contributed by atoms with Gasteiger partial charge in [0.2, 0.25) is 0 Å². The Morgan fingerprint density at radius 2 is 2.17 bits per heavy atom. The van der Waals surface area contributed by atoms with Crippen LogP contribution in [0.4, 0.5) is 18.9 Å². The zero-order valence-electron chi connectivity index (χ0n) is 13.0. The summed E-state index contributed by atoms with van der Waals surface area (Å²) in [5, 5.41) is 10.9. The molecule has 1 aliphatic heterocycles. The van der Waals surface area contributed by atoms with E-state index in [2.05, 4.69) is 0 Å². The van der Waals surface area contributed by atoms with E-state index in [1.54, 1.807) is 0 Å². The average molecular weight is 346 g/mol. The molecule has 24 heavy (non-hydrogen) atoms. The van der Waals surface area contributed by atoms with Gasteiger partial charge in [-0.1, -0.05) is 6.07 Å². The average Bonchev–Trinajstić information content (AvgIpc) is 2.52. The minimum atomic E-state index is -4.57. The fourth-order valence-corrected chi connectivity index (χ4v) is 2.64. The second-order valence-electron chi connectivity index (χ2n) is 5.68. The smallest absolute Gasteiger partial charge is 0.379 e. The van der Waals surface area contributed by atoms with E-state index in [1.807, 2.05) is 0 Å². The van der Waals surface area contributed by atoms with Gasteiger partial charge in [0.25, 0.3) is 11.6 Å². The van der Waals surface area contributed by atoms with E-state index in [0.29, 0.717) is 29.9 Å². The van der Waals surface area contributed by atoms with Crippen LogP contribution in [0.2, 0.25) is 0 Å². The van der Waals surface area contributed by atoms with Crippen molar-refractivity contribution in [3.63, 3.8) is 0 Å². The summed E-state index contributed by atoms with van der Waals surface area (Å²) in [4.78, 5) is 23.6. The Morgan fingerprint density at radius 3 is 2.71 bits per heavy atom. The Labute approximate surface area is 136 Å². The standard InChI is InChI=1S/C15H17F3N2O4/c1-10-4-5-11(20(22)23)7-13(10)14(21)19(9-15(16,17)18)12-3-2-6-24-8-12/h4-5,7,12H,2-3,6,8-9H2,1H3. The number of rotatable bonds is 4. The third-order valence-electron chi connectivity index (χ3n) is 3.85. The van der Waals surface area contributed by atoms with Crippen LogP contribution in [0.25, 0.3) is 0 Å². The zero-order chi connectivity index (χ0) is 17.9. The molecule has 0 aliphatic carbocycles. The number of hydrogen-bond donors (Lipinski definition) is 0. The van der Waals surface area contributed by atoms with E-state index in [9.17, 15) is 28.1 Å². The fourth-order valence-electron chi connectivity index (χ4n) is 2.64. The SMILES string of the molecule is Cc1ccc([N+](=O)[O-])cc1C(=O)N(CC(F)(F)F)C1CCCOC1. The number of carbonyl (C=O) groups excluding carboxylic acids is 1. The van der Waals surface area contributed by atoms with Crippen LogP contribution in [-0.2, 0) is 4.74 Å². The number of amides is 1. The van der Waals surface area contributed by atoms with Gasteiger partial charge in [-0.15, -0.1) is 0 Å². The Balaban J connectivity index is 2.36. The number of non-ortho nitro benzene ring substituents is 1. The van der Waals surface area contributed by atoms with Gasteiger partial charge in [-0.05, 0) is 25.3 Å². The highest BCUT2D eigenvalue weighted by Gasteiger charge is 2.38. The molecule has 0 radical (unpaired) electrons. The van der Waals surface area contributed by atoms with E-state index in [1.165, 1.54) is 19.1 Å². The van der Waals surface area contributed by atoms with Crippen LogP contribution >= 0.6 is 0 Å². The first-order chi connectivity index (χ1) is 11.2. The van der Waals surface area contributed by atoms with Gasteiger partial charge in [0, 0.05) is 24.3 Å². The van der Waals surface area contributed by atoms with Gasteiger partial charge in [0.1, 0.15) is 6.54 Å². The van der Waals surface area contributed by atoms with Crippen LogP contribution in [0.1, 0.15) is 28.8 Å². The predicted molar refractivity (Wildman–Crippen MR) is 78.8 cm³/mol. The molecule has 6 nitrogen and oxygen atoms in total. The van der Waals surface area contributed by atoms with Crippen LogP contribution in [0.3, 0.4) is 0 Å². The summed E-state index contributed by atoms with van der Waals surface area (Å²) in [7, 11) is 0. The Kier molecular flexibility index (Phi) is 5.43. The molecule has 1 aliphatic rings. The van der Waals surface area contributed by atoms with Crippen LogP contribution in [-0.4, -0.2) is 47.7 Å². The van der Waals surface area contributed by atoms with Gasteiger partial charge >= 0.3 is 6.18 Å². The number of halogens is 3. The third-order valence-corrected chi connectivity index (χ3v) is 3.85. The quantitative estimate of drug-likeness (QED) is 0.620. The van der Waals surface area contributed by atoms with Crippen molar-refractivity contribution in [1.82, 2.24) is 4.90 Å². The van der Waals surface area contributed by atoms with Crippen molar-refractivity contribution in [3.05, 3.63) is 39.4 Å². The number of nitrogens with zero attached hydrogens (tertiary/aromatic N) is 2. The summed E-state index contributed by atoms with van der Waals surface area (Å²) in [5.74, 6) is -0.871. The lowest BCUT2D eigenvalue weighted by Gasteiger charge is -2.35. The van der Waals surface area contributed by atoms with Crippen molar-refractivity contribution in [3.8, 4) is 0 Å². The summed E-state index contributed by atoms with van der Waals surface area (Å²) in [5.41, 5.74) is -0.0515. The van der Waals surface area contributed by atoms with Crippen molar-refractivity contribution in [2.45, 2.75) is 32.0 Å². The molecule has 1 heterocycles. The number of nitro groups is 1. The van der Waals surface area contributed by atoms with Gasteiger partial charge in [-0.2, -0.15) is 13.2 Å². The van der Waals surface area contributed by atoms with Crippen molar-refractivity contribution >= 4 is 11.6 Å². The molecule has 2 rings (SSSR count). The normalized spacial score (nSPS) is 18.2. The summed E-state index contributed by atoms with van der Waals surface area (Å²) >= 11 is 0. The Morgan fingerprint density at radius 1 is 1.46 bits per heavy atom. The highest BCUT2D eigenvalue weighted by molar-refractivity contribution is 5.96. The van der Waals surface area contributed by atoms with E-state index in [4.69, 9.17) is 4.74 Å². The molecular formula is C15H17F3N2O4. The number of benzene rings is 1. The van der Waals surface area contributed by atoms with Gasteiger partial charge in [-0.3, -0.25) is 14.9 Å². The van der Waals surface area contributed by atoms with Gasteiger partial charge in [0.15, 0.2) is 0 Å². The van der Waals surface area contributed by atoms with Crippen LogP contribution in [0, 0.1) is 17.0 Å². The van der Waals surface area contributed by atoms with Gasteiger partial charge in [0.05, 0.1) is 17.6 Å². The molecule has 1 unspecified atom stereocenters. The molecular weight excluding hydrogens is 329 g/mol.